The van der Waals surface area contributed by atoms with E-state index in [-0.39, 0.29) is 17.0 Å². The number of ether oxygens (including phenoxy) is 1. The molecule has 1 aliphatic rings. The molecule has 1 aliphatic heterocycles. The maximum atomic E-state index is 14.4. The van der Waals surface area contributed by atoms with E-state index in [9.17, 15) is 14.4 Å². The number of rotatable bonds is 5. The molecule has 4 aromatic rings. The molecule has 5 rings (SSSR count). The van der Waals surface area contributed by atoms with Crippen LogP contribution in [0.4, 0.5) is 4.39 Å². The fraction of sp³-hybridized carbons (Fsp3) is 0.292. The van der Waals surface area contributed by atoms with Crippen LogP contribution in [0.15, 0.2) is 52.9 Å². The first kappa shape index (κ1) is 23.0. The lowest BCUT2D eigenvalue weighted by Crippen LogP contribution is -2.46. The van der Waals surface area contributed by atoms with Crippen LogP contribution in [-0.4, -0.2) is 61.0 Å². The summed E-state index contributed by atoms with van der Waals surface area (Å²) >= 11 is 1.15. The molecule has 0 radical (unpaired) electrons. The smallest absolute Gasteiger partial charge is 0.219 e. The minimum absolute atomic E-state index is 0.0369. The molecule has 1 fully saturated rings. The predicted molar refractivity (Wildman–Crippen MR) is 126 cm³/mol. The molecule has 0 aromatic carbocycles. The van der Waals surface area contributed by atoms with Gasteiger partial charge in [-0.1, -0.05) is 11.8 Å². The number of amides is 1. The summed E-state index contributed by atoms with van der Waals surface area (Å²) in [6, 6.07) is 6.95. The first-order valence-corrected chi connectivity index (χ1v) is 11.9. The zero-order valence-corrected chi connectivity index (χ0v) is 20.0. The van der Waals surface area contributed by atoms with E-state index in [0.717, 1.165) is 28.6 Å². The van der Waals surface area contributed by atoms with Gasteiger partial charge < -0.3 is 9.64 Å². The fourth-order valence-electron chi connectivity index (χ4n) is 4.16. The van der Waals surface area contributed by atoms with Crippen molar-refractivity contribution in [2.24, 2.45) is 0 Å². The van der Waals surface area contributed by atoms with E-state index < -0.39 is 5.82 Å². The Morgan fingerprint density at radius 3 is 3.00 bits per heavy atom. The number of hydrogen-bond acceptors (Lipinski definition) is 7. The van der Waals surface area contributed by atoms with Gasteiger partial charge in [0.25, 0.3) is 0 Å². The van der Waals surface area contributed by atoms with Gasteiger partial charge in [0.2, 0.25) is 5.91 Å². The number of fused-ring (bicyclic) bond motifs is 1. The normalized spacial score (nSPS) is 15.9. The van der Waals surface area contributed by atoms with Crippen molar-refractivity contribution < 1.29 is 13.9 Å². The number of hydrogen-bond donors (Lipinski definition) is 0. The number of morpholine rings is 1. The number of carbonyl (C=O) groups is 1. The lowest BCUT2D eigenvalue weighted by Gasteiger charge is -2.32. The summed E-state index contributed by atoms with van der Waals surface area (Å²) in [6.45, 7) is 5.66. The molecule has 0 saturated carbocycles. The molecule has 4 aromatic heterocycles. The van der Waals surface area contributed by atoms with Crippen molar-refractivity contribution in [1.82, 2.24) is 29.3 Å². The van der Waals surface area contributed by atoms with Crippen LogP contribution < -0.4 is 0 Å². The van der Waals surface area contributed by atoms with Gasteiger partial charge in [-0.05, 0) is 25.1 Å². The van der Waals surface area contributed by atoms with E-state index in [4.69, 9.17) is 4.74 Å². The SMILES string of the molecule is CC(=O)N1CCO[C@@H](Cn2ncc(-c3cc(Sc4ncccc4F)c4c(C#N)cnn4c3)c2C)C1. The molecule has 1 saturated heterocycles. The first-order chi connectivity index (χ1) is 16.9. The number of pyridine rings is 2. The highest BCUT2D eigenvalue weighted by atomic mass is 32.2. The zero-order chi connectivity index (χ0) is 24.5. The Hall–Kier alpha value is -3.75. The Labute approximate surface area is 205 Å². The van der Waals surface area contributed by atoms with Gasteiger partial charge in [0.1, 0.15) is 11.1 Å². The van der Waals surface area contributed by atoms with E-state index in [1.54, 1.807) is 22.5 Å². The van der Waals surface area contributed by atoms with Crippen LogP contribution in [-0.2, 0) is 16.1 Å². The molecule has 0 bridgehead atoms. The Morgan fingerprint density at radius 2 is 2.23 bits per heavy atom. The summed E-state index contributed by atoms with van der Waals surface area (Å²) in [5.41, 5.74) is 3.61. The molecular formula is C24H22FN7O2S. The molecule has 1 atom stereocenters. The number of nitrogens with zero attached hydrogens (tertiary/aromatic N) is 7. The van der Waals surface area contributed by atoms with Crippen LogP contribution in [0.2, 0.25) is 0 Å². The highest BCUT2D eigenvalue weighted by molar-refractivity contribution is 7.99. The number of halogens is 1. The third kappa shape index (κ3) is 4.50. The highest BCUT2D eigenvalue weighted by Crippen LogP contribution is 2.36. The molecule has 9 nitrogen and oxygen atoms in total. The van der Waals surface area contributed by atoms with Crippen LogP contribution >= 0.6 is 11.8 Å². The Bertz CT molecular complexity index is 1460. The first-order valence-electron chi connectivity index (χ1n) is 11.0. The maximum absolute atomic E-state index is 14.4. The average Bonchev–Trinajstić information content (AvgIpc) is 3.44. The van der Waals surface area contributed by atoms with Crippen LogP contribution in [0.3, 0.4) is 0 Å². The number of nitriles is 1. The van der Waals surface area contributed by atoms with E-state index in [0.29, 0.717) is 42.2 Å². The fourth-order valence-corrected chi connectivity index (χ4v) is 5.14. The van der Waals surface area contributed by atoms with Crippen LogP contribution in [0, 0.1) is 24.1 Å². The predicted octanol–water partition coefficient (Wildman–Crippen LogP) is 3.31. The quantitative estimate of drug-likeness (QED) is 0.422. The molecule has 1 amide bonds. The third-order valence-corrected chi connectivity index (χ3v) is 7.03. The summed E-state index contributed by atoms with van der Waals surface area (Å²) in [4.78, 5) is 18.3. The molecule has 0 spiro atoms. The van der Waals surface area contributed by atoms with Crippen molar-refractivity contribution in [1.29, 1.82) is 5.26 Å². The Morgan fingerprint density at radius 1 is 1.37 bits per heavy atom. The van der Waals surface area contributed by atoms with Crippen molar-refractivity contribution >= 4 is 23.2 Å². The largest absolute Gasteiger partial charge is 0.373 e. The summed E-state index contributed by atoms with van der Waals surface area (Å²) < 4.78 is 23.7. The average molecular weight is 492 g/mol. The van der Waals surface area contributed by atoms with E-state index in [2.05, 4.69) is 21.3 Å². The van der Waals surface area contributed by atoms with Crippen molar-refractivity contribution in [3.63, 3.8) is 0 Å². The van der Waals surface area contributed by atoms with Gasteiger partial charge in [-0.25, -0.2) is 13.9 Å². The molecule has 0 N–H and O–H groups in total. The molecule has 178 valence electrons. The molecular weight excluding hydrogens is 469 g/mol. The van der Waals surface area contributed by atoms with Gasteiger partial charge in [-0.15, -0.1) is 0 Å². The minimum Gasteiger partial charge on any atom is -0.373 e. The standard InChI is InChI=1S/C24H22FN7O2S/c1-15-20(11-29-31(15)14-19-13-30(16(2)33)6-7-34-19)17-8-22(35-24-21(25)4-3-5-27-24)23-18(9-26)10-28-32(23)12-17/h3-5,8,10-12,19H,6-7,13-14H2,1-2H3/t19-/m1/s1. The Balaban J connectivity index is 1.50. The van der Waals surface area contributed by atoms with Crippen molar-refractivity contribution in [2.45, 2.75) is 36.4 Å². The second-order valence-corrected chi connectivity index (χ2v) is 9.26. The lowest BCUT2D eigenvalue weighted by molar-refractivity contribution is -0.136. The van der Waals surface area contributed by atoms with Crippen LogP contribution in [0.1, 0.15) is 18.2 Å². The summed E-state index contributed by atoms with van der Waals surface area (Å²) in [5, 5.41) is 18.7. The summed E-state index contributed by atoms with van der Waals surface area (Å²) in [6.07, 6.45) is 6.48. The second-order valence-electron chi connectivity index (χ2n) is 8.23. The minimum atomic E-state index is -0.435. The topological polar surface area (TPSA) is 101 Å². The molecule has 35 heavy (non-hydrogen) atoms. The third-order valence-electron chi connectivity index (χ3n) is 6.00. The van der Waals surface area contributed by atoms with Crippen molar-refractivity contribution in [3.8, 4) is 17.2 Å². The van der Waals surface area contributed by atoms with Crippen LogP contribution in [0.25, 0.3) is 16.6 Å². The van der Waals surface area contributed by atoms with Gasteiger partial charge >= 0.3 is 0 Å². The molecule has 0 aliphatic carbocycles. The van der Waals surface area contributed by atoms with E-state index in [1.807, 2.05) is 23.9 Å². The second kappa shape index (κ2) is 9.48. The maximum Gasteiger partial charge on any atom is 0.219 e. The number of carbonyl (C=O) groups excluding carboxylic acids is 1. The van der Waals surface area contributed by atoms with E-state index >= 15 is 0 Å². The molecule has 5 heterocycles. The van der Waals surface area contributed by atoms with Gasteiger partial charge in [-0.3, -0.25) is 9.48 Å². The van der Waals surface area contributed by atoms with Gasteiger partial charge in [0.15, 0.2) is 5.82 Å². The van der Waals surface area contributed by atoms with Crippen molar-refractivity contribution in [2.75, 3.05) is 19.7 Å². The summed E-state index contributed by atoms with van der Waals surface area (Å²) in [7, 11) is 0. The van der Waals surface area contributed by atoms with Gasteiger partial charge in [0.05, 0.1) is 42.7 Å². The highest BCUT2D eigenvalue weighted by Gasteiger charge is 2.24. The van der Waals surface area contributed by atoms with Gasteiger partial charge in [-0.2, -0.15) is 15.5 Å². The lowest BCUT2D eigenvalue weighted by atomic mass is 10.1. The zero-order valence-electron chi connectivity index (χ0n) is 19.2. The molecule has 11 heteroatoms. The monoisotopic (exact) mass is 491 g/mol. The Kier molecular flexibility index (Phi) is 6.23. The molecule has 0 unspecified atom stereocenters. The van der Waals surface area contributed by atoms with Crippen molar-refractivity contribution in [3.05, 3.63) is 60.1 Å². The van der Waals surface area contributed by atoms with Crippen LogP contribution in [0.5, 0.6) is 0 Å². The van der Waals surface area contributed by atoms with Gasteiger partial charge in [0, 0.05) is 54.1 Å². The summed E-state index contributed by atoms with van der Waals surface area (Å²) in [5.74, 6) is -0.398. The number of aromatic nitrogens is 5. The van der Waals surface area contributed by atoms with E-state index in [1.165, 1.54) is 24.5 Å².